The second-order valence-corrected chi connectivity index (χ2v) is 6.24. The van der Waals surface area contributed by atoms with Crippen LogP contribution in [0.3, 0.4) is 0 Å². The molecule has 21 heavy (non-hydrogen) atoms. The summed E-state index contributed by atoms with van der Waals surface area (Å²) >= 11 is 13.3. The van der Waals surface area contributed by atoms with Gasteiger partial charge in [0.25, 0.3) is 5.91 Å². The number of halogens is 2. The van der Waals surface area contributed by atoms with Crippen molar-refractivity contribution in [2.75, 3.05) is 0 Å². The van der Waals surface area contributed by atoms with Crippen LogP contribution in [0.5, 0.6) is 0 Å². The van der Waals surface area contributed by atoms with Gasteiger partial charge in [-0.1, -0.05) is 36.2 Å². The van der Waals surface area contributed by atoms with Gasteiger partial charge in [-0.3, -0.25) is 4.79 Å². The normalized spacial score (nSPS) is 12.2. The van der Waals surface area contributed by atoms with Gasteiger partial charge < -0.3 is 11.1 Å². The zero-order valence-corrected chi connectivity index (χ0v) is 13.7. The molecule has 0 bridgehead atoms. The highest BCUT2D eigenvalue weighted by Gasteiger charge is 2.14. The van der Waals surface area contributed by atoms with Gasteiger partial charge in [-0.25, -0.2) is 4.98 Å². The van der Waals surface area contributed by atoms with Gasteiger partial charge in [-0.2, -0.15) is 0 Å². The number of hydrogen-bond donors (Lipinski definition) is 2. The van der Waals surface area contributed by atoms with E-state index in [2.05, 4.69) is 10.3 Å². The van der Waals surface area contributed by atoms with Crippen molar-refractivity contribution in [3.05, 3.63) is 49.9 Å². The van der Waals surface area contributed by atoms with Crippen LogP contribution in [0.25, 0.3) is 0 Å². The van der Waals surface area contributed by atoms with Crippen molar-refractivity contribution in [2.45, 2.75) is 25.9 Å². The number of nitrogens with two attached hydrogens (primary N) is 1. The molecule has 0 fully saturated rings. The smallest absolute Gasteiger partial charge is 0.271 e. The second kappa shape index (κ2) is 7.22. The Labute approximate surface area is 137 Å². The maximum absolute atomic E-state index is 12.0. The summed E-state index contributed by atoms with van der Waals surface area (Å²) in [4.78, 5) is 16.3. The molecule has 7 heteroatoms. The summed E-state index contributed by atoms with van der Waals surface area (Å²) in [5, 5.41) is 6.35. The summed E-state index contributed by atoms with van der Waals surface area (Å²) in [6, 6.07) is 5.04. The van der Waals surface area contributed by atoms with Crippen molar-refractivity contribution >= 4 is 40.4 Å². The molecule has 0 saturated heterocycles. The van der Waals surface area contributed by atoms with E-state index in [0.717, 1.165) is 17.0 Å². The van der Waals surface area contributed by atoms with E-state index in [0.29, 0.717) is 22.3 Å². The Hall–Kier alpha value is -1.14. The molecule has 112 valence electrons. The monoisotopic (exact) mass is 343 g/mol. The lowest BCUT2D eigenvalue weighted by molar-refractivity contribution is 0.0946. The largest absolute Gasteiger partial charge is 0.347 e. The van der Waals surface area contributed by atoms with E-state index in [1.807, 2.05) is 6.92 Å². The van der Waals surface area contributed by atoms with E-state index in [1.54, 1.807) is 23.6 Å². The van der Waals surface area contributed by atoms with Gasteiger partial charge in [0, 0.05) is 22.0 Å². The van der Waals surface area contributed by atoms with Crippen molar-refractivity contribution < 1.29 is 4.79 Å². The minimum Gasteiger partial charge on any atom is -0.347 e. The Balaban J connectivity index is 2.00. The van der Waals surface area contributed by atoms with Crippen molar-refractivity contribution in [1.82, 2.24) is 10.3 Å². The Bertz CT molecular complexity index is 645. The van der Waals surface area contributed by atoms with E-state index < -0.39 is 0 Å². The second-order valence-electron chi connectivity index (χ2n) is 4.50. The number of carbonyl (C=O) groups is 1. The Morgan fingerprint density at radius 1 is 1.48 bits per heavy atom. The van der Waals surface area contributed by atoms with E-state index >= 15 is 0 Å². The summed E-state index contributed by atoms with van der Waals surface area (Å²) < 4.78 is 0. The molecular formula is C14H15Cl2N3OS. The zero-order chi connectivity index (χ0) is 15.4. The lowest BCUT2D eigenvalue weighted by Gasteiger charge is -2.06. The van der Waals surface area contributed by atoms with Gasteiger partial charge >= 0.3 is 0 Å². The molecule has 1 unspecified atom stereocenters. The number of hydrogen-bond acceptors (Lipinski definition) is 4. The van der Waals surface area contributed by atoms with Gasteiger partial charge in [-0.05, 0) is 24.1 Å². The molecule has 2 aromatic rings. The predicted octanol–water partition coefficient (Wildman–Crippen LogP) is 3.79. The molecule has 0 aliphatic rings. The van der Waals surface area contributed by atoms with Crippen LogP contribution < -0.4 is 11.1 Å². The lowest BCUT2D eigenvalue weighted by atomic mass is 10.2. The molecule has 1 atom stereocenters. The minimum absolute atomic E-state index is 0.123. The van der Waals surface area contributed by atoms with Gasteiger partial charge in [-0.15, -0.1) is 11.3 Å². The number of rotatable bonds is 5. The molecule has 1 heterocycles. The fourth-order valence-corrected chi connectivity index (χ4v) is 3.03. The standard InChI is InChI=1S/C14H15Cl2N3OS/c1-2-11(17)14-19-12(7-21-14)13(20)18-6-8-3-4-9(15)5-10(8)16/h3-5,7,11H,2,6,17H2,1H3,(H,18,20). The molecule has 1 amide bonds. The zero-order valence-electron chi connectivity index (χ0n) is 11.4. The lowest BCUT2D eigenvalue weighted by Crippen LogP contribution is -2.23. The fraction of sp³-hybridized carbons (Fsp3) is 0.286. The molecule has 0 aliphatic carbocycles. The molecule has 2 rings (SSSR count). The van der Waals surface area contributed by atoms with Crippen molar-refractivity contribution in [3.8, 4) is 0 Å². The molecule has 0 saturated carbocycles. The topological polar surface area (TPSA) is 68.0 Å². The molecule has 1 aromatic carbocycles. The summed E-state index contributed by atoms with van der Waals surface area (Å²) in [5.41, 5.74) is 7.07. The summed E-state index contributed by atoms with van der Waals surface area (Å²) in [6.07, 6.45) is 0.787. The van der Waals surface area contributed by atoms with Crippen LogP contribution in [0.4, 0.5) is 0 Å². The van der Waals surface area contributed by atoms with Crippen molar-refractivity contribution in [3.63, 3.8) is 0 Å². The van der Waals surface area contributed by atoms with Gasteiger partial charge in [0.1, 0.15) is 10.7 Å². The number of benzene rings is 1. The summed E-state index contributed by atoms with van der Waals surface area (Å²) in [7, 11) is 0. The first-order chi connectivity index (χ1) is 10.0. The number of thiazole rings is 1. The number of nitrogens with zero attached hydrogens (tertiary/aromatic N) is 1. The minimum atomic E-state index is -0.244. The highest BCUT2D eigenvalue weighted by molar-refractivity contribution is 7.09. The van der Waals surface area contributed by atoms with Gasteiger partial charge in [0.2, 0.25) is 0 Å². The molecule has 1 aromatic heterocycles. The predicted molar refractivity (Wildman–Crippen MR) is 87.0 cm³/mol. The molecule has 4 nitrogen and oxygen atoms in total. The van der Waals surface area contributed by atoms with E-state index in [4.69, 9.17) is 28.9 Å². The third-order valence-electron chi connectivity index (χ3n) is 2.97. The average molecular weight is 344 g/mol. The third kappa shape index (κ3) is 4.17. The number of amides is 1. The Morgan fingerprint density at radius 3 is 2.90 bits per heavy atom. The summed E-state index contributed by atoms with van der Waals surface area (Å²) in [5.74, 6) is -0.244. The van der Waals surface area contributed by atoms with Crippen LogP contribution in [0.15, 0.2) is 23.6 Å². The van der Waals surface area contributed by atoms with Crippen LogP contribution in [0.2, 0.25) is 10.0 Å². The Kier molecular flexibility index (Phi) is 5.58. The number of aromatic nitrogens is 1. The fourth-order valence-electron chi connectivity index (χ4n) is 1.67. The van der Waals surface area contributed by atoms with E-state index in [-0.39, 0.29) is 11.9 Å². The molecular weight excluding hydrogens is 329 g/mol. The van der Waals surface area contributed by atoms with Crippen LogP contribution >= 0.6 is 34.5 Å². The first-order valence-corrected chi connectivity index (χ1v) is 8.08. The maximum atomic E-state index is 12.0. The van der Waals surface area contributed by atoms with Crippen LogP contribution in [0, 0.1) is 0 Å². The highest BCUT2D eigenvalue weighted by Crippen LogP contribution is 2.21. The van der Waals surface area contributed by atoms with Gasteiger partial charge in [0.15, 0.2) is 0 Å². The molecule has 0 radical (unpaired) electrons. The van der Waals surface area contributed by atoms with Crippen molar-refractivity contribution in [2.24, 2.45) is 5.73 Å². The number of nitrogens with one attached hydrogen (secondary N) is 1. The van der Waals surface area contributed by atoms with E-state index in [1.165, 1.54) is 11.3 Å². The van der Waals surface area contributed by atoms with Crippen LogP contribution in [0.1, 0.15) is 40.4 Å². The van der Waals surface area contributed by atoms with Crippen LogP contribution in [-0.2, 0) is 6.54 Å². The first-order valence-electron chi connectivity index (χ1n) is 6.44. The van der Waals surface area contributed by atoms with Crippen LogP contribution in [-0.4, -0.2) is 10.9 Å². The quantitative estimate of drug-likeness (QED) is 0.867. The van der Waals surface area contributed by atoms with Crippen molar-refractivity contribution in [1.29, 1.82) is 0 Å². The van der Waals surface area contributed by atoms with E-state index in [9.17, 15) is 4.79 Å². The third-order valence-corrected chi connectivity index (χ3v) is 4.53. The van der Waals surface area contributed by atoms with Gasteiger partial charge in [0.05, 0.1) is 6.04 Å². The molecule has 0 aliphatic heterocycles. The highest BCUT2D eigenvalue weighted by atomic mass is 35.5. The Morgan fingerprint density at radius 2 is 2.24 bits per heavy atom. The summed E-state index contributed by atoms with van der Waals surface area (Å²) in [6.45, 7) is 2.30. The SMILES string of the molecule is CCC(N)c1nc(C(=O)NCc2ccc(Cl)cc2Cl)cs1. The average Bonchev–Trinajstić information content (AvgIpc) is 2.95. The maximum Gasteiger partial charge on any atom is 0.271 e. The molecule has 0 spiro atoms. The molecule has 3 N–H and O–H groups in total. The first kappa shape index (κ1) is 16.2. The number of carbonyl (C=O) groups excluding carboxylic acids is 1.